The highest BCUT2D eigenvalue weighted by molar-refractivity contribution is 5.78. The third-order valence-electron chi connectivity index (χ3n) is 3.44. The van der Waals surface area contributed by atoms with Crippen LogP contribution in [0.1, 0.15) is 5.56 Å². The fourth-order valence-electron chi connectivity index (χ4n) is 2.29. The predicted octanol–water partition coefficient (Wildman–Crippen LogP) is 0.178. The van der Waals surface area contributed by atoms with Crippen LogP contribution in [0.3, 0.4) is 0 Å². The summed E-state index contributed by atoms with van der Waals surface area (Å²) in [4.78, 5) is 13.8. The van der Waals surface area contributed by atoms with Gasteiger partial charge in [-0.1, -0.05) is 12.1 Å². The number of carbonyl (C=O) groups excluding carboxylic acids is 1. The molecule has 1 heterocycles. The van der Waals surface area contributed by atoms with Crippen LogP contribution in [0.2, 0.25) is 0 Å². The zero-order chi connectivity index (χ0) is 15.1. The topological polar surface area (TPSA) is 61.8 Å². The smallest absolute Gasteiger partial charge is 0.234 e. The average molecular weight is 296 g/mol. The molecule has 1 atom stereocenters. The minimum Gasteiger partial charge on any atom is -0.394 e. The first kappa shape index (κ1) is 15.9. The van der Waals surface area contributed by atoms with Gasteiger partial charge in [-0.25, -0.2) is 4.39 Å². The highest BCUT2D eigenvalue weighted by atomic mass is 19.1. The summed E-state index contributed by atoms with van der Waals surface area (Å²) in [6.07, 6.45) is 0.472. The number of halogens is 1. The first-order valence-electron chi connectivity index (χ1n) is 7.13. The molecule has 0 spiro atoms. The van der Waals surface area contributed by atoms with Crippen molar-refractivity contribution in [1.29, 1.82) is 0 Å². The molecule has 1 amide bonds. The van der Waals surface area contributed by atoms with Crippen LogP contribution in [0.4, 0.5) is 4.39 Å². The average Bonchev–Trinajstić information content (AvgIpc) is 2.49. The fraction of sp³-hybridized carbons (Fsp3) is 0.533. The molecule has 1 aromatic carbocycles. The summed E-state index contributed by atoms with van der Waals surface area (Å²) in [6, 6.07) is 6.27. The van der Waals surface area contributed by atoms with Gasteiger partial charge in [-0.15, -0.1) is 0 Å². The number of morpholine rings is 1. The molecule has 0 bridgehead atoms. The van der Waals surface area contributed by atoms with Crippen molar-refractivity contribution in [2.75, 3.05) is 39.4 Å². The molecule has 0 aromatic heterocycles. The maximum absolute atomic E-state index is 12.8. The molecular formula is C15H21FN2O3. The molecule has 1 unspecified atom stereocenters. The molecule has 0 radical (unpaired) electrons. The summed E-state index contributed by atoms with van der Waals surface area (Å²) in [7, 11) is 0. The molecule has 0 saturated carbocycles. The number of ether oxygens (including phenoxy) is 1. The molecule has 1 saturated heterocycles. The van der Waals surface area contributed by atoms with E-state index in [0.717, 1.165) is 5.56 Å². The molecule has 116 valence electrons. The highest BCUT2D eigenvalue weighted by Gasteiger charge is 2.21. The van der Waals surface area contributed by atoms with Gasteiger partial charge in [0.1, 0.15) is 5.82 Å². The second-order valence-electron chi connectivity index (χ2n) is 5.14. The van der Waals surface area contributed by atoms with Crippen molar-refractivity contribution in [2.45, 2.75) is 12.5 Å². The van der Waals surface area contributed by atoms with Crippen molar-refractivity contribution in [3.05, 3.63) is 35.6 Å². The van der Waals surface area contributed by atoms with E-state index in [4.69, 9.17) is 9.84 Å². The predicted molar refractivity (Wildman–Crippen MR) is 76.4 cm³/mol. The molecule has 5 nitrogen and oxygen atoms in total. The van der Waals surface area contributed by atoms with Crippen molar-refractivity contribution in [2.24, 2.45) is 0 Å². The largest absolute Gasteiger partial charge is 0.394 e. The van der Waals surface area contributed by atoms with Crippen molar-refractivity contribution >= 4 is 5.91 Å². The molecular weight excluding hydrogens is 275 g/mol. The monoisotopic (exact) mass is 296 g/mol. The zero-order valence-corrected chi connectivity index (χ0v) is 11.9. The standard InChI is InChI=1S/C15H21FN2O3/c16-13-3-1-12(2-4-13)5-6-17-15(20)10-18-7-8-21-14(9-18)11-19/h1-4,14,19H,5-11H2,(H,17,20). The van der Waals surface area contributed by atoms with Gasteiger partial charge >= 0.3 is 0 Å². The maximum Gasteiger partial charge on any atom is 0.234 e. The van der Waals surface area contributed by atoms with E-state index in [0.29, 0.717) is 39.2 Å². The van der Waals surface area contributed by atoms with Crippen molar-refractivity contribution in [3.8, 4) is 0 Å². The molecule has 1 fully saturated rings. The Labute approximate surface area is 123 Å². The van der Waals surface area contributed by atoms with Crippen molar-refractivity contribution in [1.82, 2.24) is 10.2 Å². The summed E-state index contributed by atoms with van der Waals surface area (Å²) in [5.74, 6) is -0.302. The minimum atomic E-state index is -0.256. The number of amides is 1. The summed E-state index contributed by atoms with van der Waals surface area (Å²) in [5.41, 5.74) is 0.989. The van der Waals surface area contributed by atoms with Gasteiger partial charge < -0.3 is 15.2 Å². The van der Waals surface area contributed by atoms with Gasteiger partial charge in [0, 0.05) is 19.6 Å². The molecule has 0 aliphatic carbocycles. The lowest BCUT2D eigenvalue weighted by molar-refractivity contribution is -0.124. The van der Waals surface area contributed by atoms with Crippen molar-refractivity contribution in [3.63, 3.8) is 0 Å². The Morgan fingerprint density at radius 3 is 2.90 bits per heavy atom. The van der Waals surface area contributed by atoms with E-state index in [2.05, 4.69) is 5.32 Å². The number of aliphatic hydroxyl groups excluding tert-OH is 1. The number of rotatable bonds is 6. The Bertz CT molecular complexity index is 453. The first-order valence-corrected chi connectivity index (χ1v) is 7.13. The van der Waals surface area contributed by atoms with Gasteiger partial charge in [0.2, 0.25) is 5.91 Å². The van der Waals surface area contributed by atoms with E-state index in [9.17, 15) is 9.18 Å². The van der Waals surface area contributed by atoms with Gasteiger partial charge in [-0.05, 0) is 24.1 Å². The summed E-state index contributed by atoms with van der Waals surface area (Å²) >= 11 is 0. The van der Waals surface area contributed by atoms with Gasteiger partial charge in [-0.3, -0.25) is 9.69 Å². The van der Waals surface area contributed by atoms with E-state index in [1.165, 1.54) is 12.1 Å². The summed E-state index contributed by atoms with van der Waals surface area (Å²) in [6.45, 7) is 2.61. The van der Waals surface area contributed by atoms with Crippen LogP contribution in [-0.4, -0.2) is 61.4 Å². The lowest BCUT2D eigenvalue weighted by Crippen LogP contribution is -2.48. The number of nitrogens with one attached hydrogen (secondary N) is 1. The Morgan fingerprint density at radius 1 is 1.43 bits per heavy atom. The van der Waals surface area contributed by atoms with E-state index in [1.807, 2.05) is 4.90 Å². The number of hydrogen-bond acceptors (Lipinski definition) is 4. The number of benzene rings is 1. The number of hydrogen-bond donors (Lipinski definition) is 2. The second-order valence-corrected chi connectivity index (χ2v) is 5.14. The Kier molecular flexibility index (Phi) is 6.10. The molecule has 1 aromatic rings. The van der Waals surface area contributed by atoms with Gasteiger partial charge in [0.15, 0.2) is 0 Å². The molecule has 1 aliphatic rings. The lowest BCUT2D eigenvalue weighted by Gasteiger charge is -2.31. The molecule has 1 aliphatic heterocycles. The van der Waals surface area contributed by atoms with Crippen LogP contribution in [-0.2, 0) is 16.0 Å². The van der Waals surface area contributed by atoms with Crippen molar-refractivity contribution < 1.29 is 19.0 Å². The molecule has 21 heavy (non-hydrogen) atoms. The van der Waals surface area contributed by atoms with Gasteiger partial charge in [0.25, 0.3) is 0 Å². The van der Waals surface area contributed by atoms with Gasteiger partial charge in [-0.2, -0.15) is 0 Å². The highest BCUT2D eigenvalue weighted by Crippen LogP contribution is 2.04. The van der Waals surface area contributed by atoms with E-state index < -0.39 is 0 Å². The Balaban J connectivity index is 1.66. The third kappa shape index (κ3) is 5.41. The Morgan fingerprint density at radius 2 is 2.19 bits per heavy atom. The second kappa shape index (κ2) is 8.07. The quantitative estimate of drug-likeness (QED) is 0.786. The normalized spacial score (nSPS) is 19.4. The van der Waals surface area contributed by atoms with E-state index in [1.54, 1.807) is 12.1 Å². The molecule has 6 heteroatoms. The number of aliphatic hydroxyl groups is 1. The summed E-state index contributed by atoms with van der Waals surface area (Å²) in [5, 5.41) is 11.9. The van der Waals surface area contributed by atoms with E-state index in [-0.39, 0.29) is 24.4 Å². The van der Waals surface area contributed by atoms with E-state index >= 15 is 0 Å². The van der Waals surface area contributed by atoms with Crippen LogP contribution >= 0.6 is 0 Å². The van der Waals surface area contributed by atoms with Crippen LogP contribution in [0.5, 0.6) is 0 Å². The number of nitrogens with zero attached hydrogens (tertiary/aromatic N) is 1. The lowest BCUT2D eigenvalue weighted by atomic mass is 10.1. The maximum atomic E-state index is 12.8. The first-order chi connectivity index (χ1) is 10.2. The van der Waals surface area contributed by atoms with Crippen LogP contribution in [0.25, 0.3) is 0 Å². The van der Waals surface area contributed by atoms with Gasteiger partial charge in [0.05, 0.1) is 25.9 Å². The third-order valence-corrected chi connectivity index (χ3v) is 3.44. The fourth-order valence-corrected chi connectivity index (χ4v) is 2.29. The Hall–Kier alpha value is -1.50. The summed E-state index contributed by atoms with van der Waals surface area (Å²) < 4.78 is 18.1. The zero-order valence-electron chi connectivity index (χ0n) is 11.9. The number of carbonyl (C=O) groups is 1. The van der Waals surface area contributed by atoms with Crippen LogP contribution < -0.4 is 5.32 Å². The SMILES string of the molecule is O=C(CN1CCOC(CO)C1)NCCc1ccc(F)cc1. The molecule has 2 N–H and O–H groups in total. The van der Waals surface area contributed by atoms with Crippen LogP contribution in [0.15, 0.2) is 24.3 Å². The minimum absolute atomic E-state index is 0.0251. The molecule has 2 rings (SSSR count). The van der Waals surface area contributed by atoms with Crippen LogP contribution in [0, 0.1) is 5.82 Å².